The summed E-state index contributed by atoms with van der Waals surface area (Å²) in [6, 6.07) is 0. The van der Waals surface area contributed by atoms with Gasteiger partial charge in [0.1, 0.15) is 5.78 Å². The summed E-state index contributed by atoms with van der Waals surface area (Å²) in [4.78, 5) is 13.2. The molecule has 0 N–H and O–H groups in total. The summed E-state index contributed by atoms with van der Waals surface area (Å²) in [5.41, 5.74) is 3.10. The van der Waals surface area contributed by atoms with E-state index in [0.717, 1.165) is 19.6 Å². The van der Waals surface area contributed by atoms with Crippen molar-refractivity contribution in [3.8, 4) is 0 Å². The molecule has 2 heteroatoms. The zero-order valence-corrected chi connectivity index (χ0v) is 9.60. The van der Waals surface area contributed by atoms with Crippen LogP contribution in [0.4, 0.5) is 0 Å². The summed E-state index contributed by atoms with van der Waals surface area (Å²) in [5.74, 6) is 0.304. The fourth-order valence-electron chi connectivity index (χ4n) is 1.86. The van der Waals surface area contributed by atoms with Gasteiger partial charge < -0.3 is 4.90 Å². The number of ketones is 1. The second-order valence-corrected chi connectivity index (χ2v) is 4.40. The minimum atomic E-state index is 0.304. The fraction of sp³-hybridized carbons (Fsp3) is 0.750. The highest BCUT2D eigenvalue weighted by Gasteiger charge is 2.14. The van der Waals surface area contributed by atoms with Gasteiger partial charge in [-0.25, -0.2) is 0 Å². The van der Waals surface area contributed by atoms with Crippen LogP contribution in [-0.2, 0) is 4.79 Å². The molecule has 0 aromatic heterocycles. The normalized spacial score (nSPS) is 18.4. The smallest absolute Gasteiger partial charge is 0.131 e. The van der Waals surface area contributed by atoms with E-state index in [2.05, 4.69) is 18.7 Å². The van der Waals surface area contributed by atoms with E-state index in [1.165, 1.54) is 18.4 Å². The van der Waals surface area contributed by atoms with Gasteiger partial charge in [0, 0.05) is 26.1 Å². The molecule has 0 bridgehead atoms. The number of hydrogen-bond acceptors (Lipinski definition) is 2. The molecular weight excluding hydrogens is 174 g/mol. The van der Waals surface area contributed by atoms with Crippen LogP contribution in [0, 0.1) is 0 Å². The average molecular weight is 195 g/mol. The lowest BCUT2D eigenvalue weighted by Gasteiger charge is -2.28. The molecule has 14 heavy (non-hydrogen) atoms. The molecule has 1 heterocycles. The molecule has 0 radical (unpaired) electrons. The lowest BCUT2D eigenvalue weighted by Crippen LogP contribution is -2.32. The molecule has 1 fully saturated rings. The first-order chi connectivity index (χ1) is 6.59. The van der Waals surface area contributed by atoms with Crippen molar-refractivity contribution in [2.24, 2.45) is 0 Å². The number of carbonyl (C=O) groups is 1. The maximum atomic E-state index is 10.8. The van der Waals surface area contributed by atoms with Crippen LogP contribution in [0.25, 0.3) is 0 Å². The minimum absolute atomic E-state index is 0.304. The van der Waals surface area contributed by atoms with Crippen molar-refractivity contribution in [1.82, 2.24) is 4.90 Å². The molecule has 0 atom stereocenters. The lowest BCUT2D eigenvalue weighted by atomic mass is 9.99. The van der Waals surface area contributed by atoms with Gasteiger partial charge in [0.15, 0.2) is 0 Å². The van der Waals surface area contributed by atoms with Gasteiger partial charge in [0.25, 0.3) is 0 Å². The molecule has 0 spiro atoms. The molecule has 1 aliphatic heterocycles. The van der Waals surface area contributed by atoms with Crippen molar-refractivity contribution in [2.45, 2.75) is 40.0 Å². The van der Waals surface area contributed by atoms with Crippen LogP contribution in [0.2, 0.25) is 0 Å². The van der Waals surface area contributed by atoms with Crippen LogP contribution in [0.3, 0.4) is 0 Å². The third kappa shape index (κ3) is 3.62. The Bertz CT molecular complexity index is 229. The van der Waals surface area contributed by atoms with E-state index in [1.807, 2.05) is 0 Å². The van der Waals surface area contributed by atoms with Crippen molar-refractivity contribution in [3.05, 3.63) is 11.1 Å². The van der Waals surface area contributed by atoms with Gasteiger partial charge in [-0.2, -0.15) is 0 Å². The number of nitrogens with zero attached hydrogens (tertiary/aromatic N) is 1. The number of carbonyl (C=O) groups excluding carboxylic acids is 1. The summed E-state index contributed by atoms with van der Waals surface area (Å²) >= 11 is 0. The molecule has 1 rings (SSSR count). The predicted octanol–water partition coefficient (Wildman–Crippen LogP) is 2.40. The van der Waals surface area contributed by atoms with Gasteiger partial charge in [-0.1, -0.05) is 11.1 Å². The summed E-state index contributed by atoms with van der Waals surface area (Å²) in [6.45, 7) is 9.28. The van der Waals surface area contributed by atoms with Crippen molar-refractivity contribution >= 4 is 5.78 Å². The average Bonchev–Trinajstić information content (AvgIpc) is 2.15. The topological polar surface area (TPSA) is 20.3 Å². The van der Waals surface area contributed by atoms with Gasteiger partial charge in [-0.3, -0.25) is 4.79 Å². The molecular formula is C12H21NO. The maximum absolute atomic E-state index is 10.8. The fourth-order valence-corrected chi connectivity index (χ4v) is 1.86. The maximum Gasteiger partial charge on any atom is 0.131 e. The van der Waals surface area contributed by atoms with Crippen LogP contribution < -0.4 is 0 Å². The van der Waals surface area contributed by atoms with Crippen molar-refractivity contribution in [3.63, 3.8) is 0 Å². The Morgan fingerprint density at radius 3 is 2.21 bits per heavy atom. The third-order valence-electron chi connectivity index (χ3n) is 2.95. The van der Waals surface area contributed by atoms with Crippen molar-refractivity contribution < 1.29 is 4.79 Å². The third-order valence-corrected chi connectivity index (χ3v) is 2.95. The second-order valence-electron chi connectivity index (χ2n) is 4.40. The summed E-state index contributed by atoms with van der Waals surface area (Å²) in [6.07, 6.45) is 3.10. The van der Waals surface area contributed by atoms with Crippen LogP contribution in [-0.4, -0.2) is 30.3 Å². The Kier molecular flexibility index (Phi) is 4.33. The van der Waals surface area contributed by atoms with Gasteiger partial charge in [-0.15, -0.1) is 0 Å². The van der Waals surface area contributed by atoms with Gasteiger partial charge >= 0.3 is 0 Å². The van der Waals surface area contributed by atoms with Crippen LogP contribution in [0.5, 0.6) is 0 Å². The molecule has 1 aliphatic rings. The first kappa shape index (κ1) is 11.4. The predicted molar refractivity (Wildman–Crippen MR) is 59.3 cm³/mol. The number of allylic oxidation sites excluding steroid dienone is 1. The molecule has 0 saturated carbocycles. The SMILES string of the molecule is CC(=O)CCN1CCC(=C(C)C)CC1. The Morgan fingerprint density at radius 1 is 1.21 bits per heavy atom. The van der Waals surface area contributed by atoms with Gasteiger partial charge in [0.2, 0.25) is 0 Å². The highest BCUT2D eigenvalue weighted by atomic mass is 16.1. The zero-order valence-electron chi connectivity index (χ0n) is 9.60. The minimum Gasteiger partial charge on any atom is -0.302 e. The van der Waals surface area contributed by atoms with Crippen LogP contribution in [0.1, 0.15) is 40.0 Å². The molecule has 0 aliphatic carbocycles. The van der Waals surface area contributed by atoms with Gasteiger partial charge in [0.05, 0.1) is 0 Å². The number of Topliss-reactive ketones (excluding diaryl/α,β-unsaturated/α-hetero) is 1. The number of likely N-dealkylation sites (tertiary alicyclic amines) is 1. The summed E-state index contributed by atoms with van der Waals surface area (Å²) in [7, 11) is 0. The van der Waals surface area contributed by atoms with Crippen LogP contribution in [0.15, 0.2) is 11.1 Å². The largest absolute Gasteiger partial charge is 0.302 e. The van der Waals surface area contributed by atoms with Crippen LogP contribution >= 0.6 is 0 Å². The van der Waals surface area contributed by atoms with E-state index in [1.54, 1.807) is 12.5 Å². The highest BCUT2D eigenvalue weighted by molar-refractivity contribution is 5.75. The summed E-state index contributed by atoms with van der Waals surface area (Å²) in [5, 5.41) is 0. The first-order valence-corrected chi connectivity index (χ1v) is 5.46. The monoisotopic (exact) mass is 195 g/mol. The highest BCUT2D eigenvalue weighted by Crippen LogP contribution is 2.19. The summed E-state index contributed by atoms with van der Waals surface area (Å²) < 4.78 is 0. The Balaban J connectivity index is 2.29. The van der Waals surface area contributed by atoms with E-state index in [0.29, 0.717) is 12.2 Å². The van der Waals surface area contributed by atoms with Crippen molar-refractivity contribution in [2.75, 3.05) is 19.6 Å². The Hall–Kier alpha value is -0.630. The molecule has 0 aromatic carbocycles. The molecule has 0 amide bonds. The number of rotatable bonds is 3. The number of piperidine rings is 1. The quantitative estimate of drug-likeness (QED) is 0.644. The van der Waals surface area contributed by atoms with E-state index < -0.39 is 0 Å². The van der Waals surface area contributed by atoms with E-state index in [-0.39, 0.29) is 0 Å². The molecule has 1 saturated heterocycles. The molecule has 0 aromatic rings. The molecule has 0 unspecified atom stereocenters. The van der Waals surface area contributed by atoms with Crippen molar-refractivity contribution in [1.29, 1.82) is 0 Å². The zero-order chi connectivity index (χ0) is 10.6. The second kappa shape index (κ2) is 5.30. The lowest BCUT2D eigenvalue weighted by molar-refractivity contribution is -0.117. The Morgan fingerprint density at radius 2 is 1.79 bits per heavy atom. The first-order valence-electron chi connectivity index (χ1n) is 5.46. The number of hydrogen-bond donors (Lipinski definition) is 0. The molecule has 2 nitrogen and oxygen atoms in total. The standard InChI is InChI=1S/C12H21NO/c1-10(2)12-5-8-13(9-6-12)7-4-11(3)14/h4-9H2,1-3H3. The van der Waals surface area contributed by atoms with Gasteiger partial charge in [-0.05, 0) is 33.6 Å². The van der Waals surface area contributed by atoms with E-state index >= 15 is 0 Å². The Labute approximate surface area is 87.0 Å². The molecule has 80 valence electrons. The van der Waals surface area contributed by atoms with E-state index in [4.69, 9.17) is 0 Å². The van der Waals surface area contributed by atoms with E-state index in [9.17, 15) is 4.79 Å².